The van der Waals surface area contributed by atoms with Crippen LogP contribution >= 0.6 is 0 Å². The summed E-state index contributed by atoms with van der Waals surface area (Å²) in [6, 6.07) is 14.2. The lowest BCUT2D eigenvalue weighted by atomic mass is 10.2. The number of carbonyl (C=O) groups excluding carboxylic acids is 1. The molecule has 1 aromatic heterocycles. The third-order valence-corrected chi connectivity index (χ3v) is 4.49. The number of rotatable bonds is 6. The van der Waals surface area contributed by atoms with Crippen LogP contribution in [0.2, 0.25) is 0 Å². The molecule has 2 aromatic carbocycles. The highest BCUT2D eigenvalue weighted by Crippen LogP contribution is 2.18. The Kier molecular flexibility index (Phi) is 5.40. The molecule has 0 unspecified atom stereocenters. The van der Waals surface area contributed by atoms with Crippen molar-refractivity contribution >= 4 is 28.1 Å². The Labute approximate surface area is 156 Å². The standard InChI is InChI=1S/C20H22N4O3/c1-3-23(2)15-8-6-7-14(13-15)21-18(25)11-12-24-20(27)17-10-5-4-9-16(17)19(26)22-24/h4-10,13H,3,11-12H2,1-2H3,(H,21,25)(H,22,26). The molecule has 3 rings (SSSR count). The van der Waals surface area contributed by atoms with Gasteiger partial charge < -0.3 is 10.2 Å². The van der Waals surface area contributed by atoms with Gasteiger partial charge in [-0.25, -0.2) is 4.68 Å². The van der Waals surface area contributed by atoms with Gasteiger partial charge in [-0.3, -0.25) is 19.5 Å². The summed E-state index contributed by atoms with van der Waals surface area (Å²) in [6.45, 7) is 3.00. The van der Waals surface area contributed by atoms with Gasteiger partial charge in [0.25, 0.3) is 11.1 Å². The maximum atomic E-state index is 12.5. The fraction of sp³-hybridized carbons (Fsp3) is 0.250. The Morgan fingerprint density at radius 3 is 2.59 bits per heavy atom. The first-order valence-corrected chi connectivity index (χ1v) is 8.82. The van der Waals surface area contributed by atoms with Crippen LogP contribution in [0.5, 0.6) is 0 Å². The SMILES string of the molecule is CCN(C)c1cccc(NC(=O)CCn2[nH]c(=O)c3ccccc3c2=O)c1. The molecule has 0 fully saturated rings. The summed E-state index contributed by atoms with van der Waals surface area (Å²) in [6.07, 6.45) is 0.0715. The molecule has 1 amide bonds. The van der Waals surface area contributed by atoms with Crippen molar-refractivity contribution in [2.75, 3.05) is 23.8 Å². The second kappa shape index (κ2) is 7.90. The summed E-state index contributed by atoms with van der Waals surface area (Å²) < 4.78 is 1.19. The van der Waals surface area contributed by atoms with Crippen molar-refractivity contribution in [2.45, 2.75) is 19.9 Å². The number of H-pyrrole nitrogens is 1. The molecule has 0 aliphatic heterocycles. The summed E-state index contributed by atoms with van der Waals surface area (Å²) in [5.41, 5.74) is 1.04. The van der Waals surface area contributed by atoms with E-state index in [-0.39, 0.29) is 30.0 Å². The van der Waals surface area contributed by atoms with Gasteiger partial charge in [0.1, 0.15) is 0 Å². The average Bonchev–Trinajstić information content (AvgIpc) is 2.69. The number of hydrogen-bond acceptors (Lipinski definition) is 4. The minimum atomic E-state index is -0.346. The summed E-state index contributed by atoms with van der Waals surface area (Å²) in [5, 5.41) is 6.05. The highest BCUT2D eigenvalue weighted by molar-refractivity contribution is 5.91. The quantitative estimate of drug-likeness (QED) is 0.700. The van der Waals surface area contributed by atoms with E-state index in [1.807, 2.05) is 38.2 Å². The van der Waals surface area contributed by atoms with E-state index in [4.69, 9.17) is 0 Å². The Bertz CT molecular complexity index is 1080. The number of amides is 1. The van der Waals surface area contributed by atoms with Crippen molar-refractivity contribution in [1.82, 2.24) is 9.78 Å². The molecular weight excluding hydrogens is 344 g/mol. The van der Waals surface area contributed by atoms with Crippen LogP contribution in [0, 0.1) is 0 Å². The second-order valence-electron chi connectivity index (χ2n) is 6.31. The zero-order valence-corrected chi connectivity index (χ0v) is 15.4. The number of anilines is 2. The van der Waals surface area contributed by atoms with Gasteiger partial charge in [0, 0.05) is 31.4 Å². The van der Waals surface area contributed by atoms with Crippen molar-refractivity contribution in [3.05, 3.63) is 69.2 Å². The van der Waals surface area contributed by atoms with E-state index in [0.717, 1.165) is 12.2 Å². The number of nitrogens with zero attached hydrogens (tertiary/aromatic N) is 2. The first-order chi connectivity index (χ1) is 13.0. The smallest absolute Gasteiger partial charge is 0.273 e. The van der Waals surface area contributed by atoms with E-state index in [9.17, 15) is 14.4 Å². The number of fused-ring (bicyclic) bond motifs is 1. The number of aromatic nitrogens is 2. The molecular formula is C20H22N4O3. The van der Waals surface area contributed by atoms with Crippen molar-refractivity contribution < 1.29 is 4.79 Å². The first kappa shape index (κ1) is 18.4. The van der Waals surface area contributed by atoms with Gasteiger partial charge in [0.15, 0.2) is 0 Å². The van der Waals surface area contributed by atoms with E-state index < -0.39 is 0 Å². The predicted octanol–water partition coefficient (Wildman–Crippen LogP) is 2.17. The van der Waals surface area contributed by atoms with Crippen LogP contribution in [0.3, 0.4) is 0 Å². The Morgan fingerprint density at radius 2 is 1.85 bits per heavy atom. The molecule has 0 saturated heterocycles. The zero-order valence-electron chi connectivity index (χ0n) is 15.4. The van der Waals surface area contributed by atoms with Crippen molar-refractivity contribution in [2.24, 2.45) is 0 Å². The fourth-order valence-corrected chi connectivity index (χ4v) is 2.84. The summed E-state index contributed by atoms with van der Waals surface area (Å²) in [7, 11) is 1.98. The Morgan fingerprint density at radius 1 is 1.11 bits per heavy atom. The maximum absolute atomic E-state index is 12.5. The van der Waals surface area contributed by atoms with Crippen LogP contribution in [-0.4, -0.2) is 29.3 Å². The van der Waals surface area contributed by atoms with E-state index in [1.165, 1.54) is 4.68 Å². The fourth-order valence-electron chi connectivity index (χ4n) is 2.84. The molecule has 0 saturated carbocycles. The van der Waals surface area contributed by atoms with Gasteiger partial charge in [-0.05, 0) is 37.3 Å². The topological polar surface area (TPSA) is 87.2 Å². The number of aromatic amines is 1. The Balaban J connectivity index is 1.72. The normalized spacial score (nSPS) is 10.7. The number of carbonyl (C=O) groups is 1. The molecule has 7 nitrogen and oxygen atoms in total. The highest BCUT2D eigenvalue weighted by atomic mass is 16.2. The molecule has 0 spiro atoms. The van der Waals surface area contributed by atoms with Gasteiger partial charge in [0.05, 0.1) is 17.3 Å². The molecule has 0 aliphatic rings. The van der Waals surface area contributed by atoms with Crippen LogP contribution in [0.4, 0.5) is 11.4 Å². The summed E-state index contributed by atoms with van der Waals surface area (Å²) in [4.78, 5) is 38.9. The largest absolute Gasteiger partial charge is 0.375 e. The monoisotopic (exact) mass is 366 g/mol. The molecule has 7 heteroatoms. The zero-order chi connectivity index (χ0) is 19.4. The third-order valence-electron chi connectivity index (χ3n) is 4.49. The van der Waals surface area contributed by atoms with Gasteiger partial charge in [0.2, 0.25) is 5.91 Å². The second-order valence-corrected chi connectivity index (χ2v) is 6.31. The molecule has 140 valence electrons. The molecule has 27 heavy (non-hydrogen) atoms. The molecule has 0 radical (unpaired) electrons. The third kappa shape index (κ3) is 4.08. The van der Waals surface area contributed by atoms with Crippen LogP contribution in [0.1, 0.15) is 13.3 Å². The molecule has 2 N–H and O–H groups in total. The molecule has 1 heterocycles. The van der Waals surface area contributed by atoms with E-state index in [0.29, 0.717) is 16.5 Å². The number of nitrogens with one attached hydrogen (secondary N) is 2. The van der Waals surface area contributed by atoms with E-state index >= 15 is 0 Å². The minimum absolute atomic E-state index is 0.0715. The first-order valence-electron chi connectivity index (χ1n) is 8.82. The van der Waals surface area contributed by atoms with Crippen LogP contribution in [0.15, 0.2) is 58.1 Å². The number of aryl methyl sites for hydroxylation is 1. The lowest BCUT2D eigenvalue weighted by molar-refractivity contribution is -0.116. The molecule has 0 aliphatic carbocycles. The minimum Gasteiger partial charge on any atom is -0.375 e. The average molecular weight is 366 g/mol. The van der Waals surface area contributed by atoms with Gasteiger partial charge >= 0.3 is 0 Å². The number of hydrogen-bond donors (Lipinski definition) is 2. The highest BCUT2D eigenvalue weighted by Gasteiger charge is 2.09. The van der Waals surface area contributed by atoms with E-state index in [2.05, 4.69) is 15.3 Å². The van der Waals surface area contributed by atoms with Crippen LogP contribution in [0.25, 0.3) is 10.8 Å². The number of benzene rings is 2. The lowest BCUT2D eigenvalue weighted by Gasteiger charge is -2.17. The van der Waals surface area contributed by atoms with Gasteiger partial charge in [-0.2, -0.15) is 0 Å². The van der Waals surface area contributed by atoms with E-state index in [1.54, 1.807) is 24.3 Å². The van der Waals surface area contributed by atoms with Crippen LogP contribution in [-0.2, 0) is 11.3 Å². The van der Waals surface area contributed by atoms with Crippen molar-refractivity contribution in [3.8, 4) is 0 Å². The summed E-state index contributed by atoms with van der Waals surface area (Å²) >= 11 is 0. The van der Waals surface area contributed by atoms with Crippen molar-refractivity contribution in [3.63, 3.8) is 0 Å². The van der Waals surface area contributed by atoms with Gasteiger partial charge in [-0.15, -0.1) is 0 Å². The molecule has 0 bridgehead atoms. The van der Waals surface area contributed by atoms with Crippen LogP contribution < -0.4 is 21.3 Å². The Hall–Kier alpha value is -3.35. The summed E-state index contributed by atoms with van der Waals surface area (Å²) in [5.74, 6) is -0.229. The lowest BCUT2D eigenvalue weighted by Crippen LogP contribution is -2.31. The predicted molar refractivity (Wildman–Crippen MR) is 107 cm³/mol. The maximum Gasteiger partial charge on any atom is 0.273 e. The van der Waals surface area contributed by atoms with Crippen molar-refractivity contribution in [1.29, 1.82) is 0 Å². The molecule has 3 aromatic rings. The molecule has 0 atom stereocenters. The van der Waals surface area contributed by atoms with Gasteiger partial charge in [-0.1, -0.05) is 18.2 Å².